The lowest BCUT2D eigenvalue weighted by Crippen LogP contribution is -2.52. The number of aromatic nitrogens is 3. The smallest absolute Gasteiger partial charge is 0.253 e. The Morgan fingerprint density at radius 1 is 1.26 bits per heavy atom. The van der Waals surface area contributed by atoms with Crippen molar-refractivity contribution < 1.29 is 9.53 Å². The minimum absolute atomic E-state index is 0.0804. The second kappa shape index (κ2) is 7.34. The lowest BCUT2D eigenvalue weighted by molar-refractivity contribution is 0.0620. The molecular weight excluding hydrogens is 318 g/mol. The van der Waals surface area contributed by atoms with Crippen LogP contribution in [0, 0.1) is 0 Å². The molecule has 2 atom stereocenters. The molecule has 1 amide bonds. The van der Waals surface area contributed by atoms with Crippen molar-refractivity contribution in [2.45, 2.75) is 18.5 Å². The Hall–Kier alpha value is -2.25. The highest BCUT2D eigenvalue weighted by Gasteiger charge is 2.28. The minimum atomic E-state index is -0.223. The van der Waals surface area contributed by atoms with Gasteiger partial charge in [0, 0.05) is 25.2 Å². The number of carbonyl (C=O) groups is 1. The van der Waals surface area contributed by atoms with Crippen LogP contribution in [-0.2, 0) is 4.74 Å². The van der Waals surface area contributed by atoms with Crippen LogP contribution in [0.5, 0.6) is 0 Å². The Balaban J connectivity index is 1.69. The molecule has 7 nitrogen and oxygen atoms in total. The highest BCUT2D eigenvalue weighted by molar-refractivity contribution is 6.33. The van der Waals surface area contributed by atoms with Crippen LogP contribution in [0.2, 0.25) is 5.02 Å². The molecule has 1 aliphatic rings. The van der Waals surface area contributed by atoms with Crippen molar-refractivity contribution in [1.29, 1.82) is 0 Å². The fourth-order valence-electron chi connectivity index (χ4n) is 2.42. The highest BCUT2D eigenvalue weighted by Crippen LogP contribution is 2.16. The topological polar surface area (TPSA) is 89.0 Å². The molecule has 2 aromatic rings. The van der Waals surface area contributed by atoms with Crippen LogP contribution in [0.15, 0.2) is 37.1 Å². The van der Waals surface area contributed by atoms with Crippen LogP contribution >= 0.6 is 11.6 Å². The van der Waals surface area contributed by atoms with E-state index in [2.05, 4.69) is 25.6 Å². The van der Waals surface area contributed by atoms with Crippen molar-refractivity contribution in [2.24, 2.45) is 0 Å². The number of carbonyl (C=O) groups excluding carboxylic acids is 1. The molecule has 0 radical (unpaired) electrons. The Labute approximate surface area is 138 Å². The first-order chi connectivity index (χ1) is 11.2. The van der Waals surface area contributed by atoms with Crippen molar-refractivity contribution in [1.82, 2.24) is 20.3 Å². The van der Waals surface area contributed by atoms with Crippen LogP contribution in [0.1, 0.15) is 16.8 Å². The molecule has 0 aliphatic carbocycles. The van der Waals surface area contributed by atoms with E-state index in [0.717, 1.165) is 0 Å². The summed E-state index contributed by atoms with van der Waals surface area (Å²) in [5.41, 5.74) is 0.411. The standard InChI is InChI=1S/C15H16ClN5O2/c16-11-7-17-4-1-10(11)15(22)21-12-3-6-23-8-13(12)20-14-2-5-18-9-19-14/h1-2,4-5,7,9,12-13H,3,6,8H2,(H,21,22)(H,18,19,20)/t12-,13+/m0/s1. The average molecular weight is 334 g/mol. The number of rotatable bonds is 4. The molecule has 23 heavy (non-hydrogen) atoms. The van der Waals surface area contributed by atoms with Crippen molar-refractivity contribution in [2.75, 3.05) is 18.5 Å². The lowest BCUT2D eigenvalue weighted by Gasteiger charge is -2.33. The first-order valence-corrected chi connectivity index (χ1v) is 7.62. The zero-order chi connectivity index (χ0) is 16.1. The molecule has 120 valence electrons. The third-order valence-electron chi connectivity index (χ3n) is 3.61. The third kappa shape index (κ3) is 3.94. The Bertz CT molecular complexity index is 670. The molecule has 1 fully saturated rings. The molecule has 0 unspecified atom stereocenters. The van der Waals surface area contributed by atoms with E-state index in [4.69, 9.17) is 16.3 Å². The lowest BCUT2D eigenvalue weighted by atomic mass is 10.0. The number of nitrogens with one attached hydrogen (secondary N) is 2. The summed E-state index contributed by atoms with van der Waals surface area (Å²) in [5.74, 6) is 0.468. The number of anilines is 1. The molecule has 3 heterocycles. The molecule has 0 spiro atoms. The summed E-state index contributed by atoms with van der Waals surface area (Å²) in [4.78, 5) is 24.3. The van der Waals surface area contributed by atoms with Gasteiger partial charge in [-0.25, -0.2) is 9.97 Å². The third-order valence-corrected chi connectivity index (χ3v) is 3.91. The van der Waals surface area contributed by atoms with Gasteiger partial charge in [-0.1, -0.05) is 11.6 Å². The minimum Gasteiger partial charge on any atom is -0.379 e. The van der Waals surface area contributed by atoms with Crippen molar-refractivity contribution in [3.8, 4) is 0 Å². The van der Waals surface area contributed by atoms with E-state index >= 15 is 0 Å². The van der Waals surface area contributed by atoms with E-state index in [9.17, 15) is 4.79 Å². The molecule has 0 aromatic carbocycles. The van der Waals surface area contributed by atoms with Gasteiger partial charge in [0.1, 0.15) is 12.1 Å². The van der Waals surface area contributed by atoms with Crippen molar-refractivity contribution in [3.05, 3.63) is 47.6 Å². The Morgan fingerprint density at radius 2 is 2.13 bits per heavy atom. The molecule has 1 aliphatic heterocycles. The van der Waals surface area contributed by atoms with Gasteiger partial charge in [0.05, 0.1) is 29.3 Å². The summed E-state index contributed by atoms with van der Waals surface area (Å²) in [6, 6.07) is 3.20. The summed E-state index contributed by atoms with van der Waals surface area (Å²) in [7, 11) is 0. The molecule has 2 N–H and O–H groups in total. The maximum atomic E-state index is 12.4. The van der Waals surface area contributed by atoms with Crippen LogP contribution in [0.3, 0.4) is 0 Å². The van der Waals surface area contributed by atoms with Crippen molar-refractivity contribution >= 4 is 23.3 Å². The van der Waals surface area contributed by atoms with E-state index < -0.39 is 0 Å². The summed E-state index contributed by atoms with van der Waals surface area (Å²) in [6.45, 7) is 1.08. The predicted octanol–water partition coefficient (Wildman–Crippen LogP) is 1.52. The maximum absolute atomic E-state index is 12.4. The number of halogens is 1. The molecular formula is C15H16ClN5O2. The van der Waals surface area contributed by atoms with E-state index in [1.54, 1.807) is 24.5 Å². The number of ether oxygens (including phenoxy) is 1. The Kier molecular flexibility index (Phi) is 4.99. The van der Waals surface area contributed by atoms with Crippen molar-refractivity contribution in [3.63, 3.8) is 0 Å². The van der Waals surface area contributed by atoms with Gasteiger partial charge in [-0.3, -0.25) is 9.78 Å². The summed E-state index contributed by atoms with van der Waals surface area (Å²) in [6.07, 6.45) is 6.83. The molecule has 8 heteroatoms. The van der Waals surface area contributed by atoms with E-state index in [1.807, 2.05) is 0 Å². The van der Waals surface area contributed by atoms with E-state index in [-0.39, 0.29) is 18.0 Å². The van der Waals surface area contributed by atoms with Crippen LogP contribution in [-0.4, -0.2) is 46.2 Å². The number of pyridine rings is 1. The average Bonchev–Trinajstić information content (AvgIpc) is 2.58. The second-order valence-corrected chi connectivity index (χ2v) is 5.55. The maximum Gasteiger partial charge on any atom is 0.253 e. The van der Waals surface area contributed by atoms with Gasteiger partial charge in [-0.15, -0.1) is 0 Å². The molecule has 0 saturated carbocycles. The Morgan fingerprint density at radius 3 is 2.91 bits per heavy atom. The van der Waals surface area contributed by atoms with Gasteiger partial charge < -0.3 is 15.4 Å². The molecule has 0 bridgehead atoms. The van der Waals surface area contributed by atoms with Gasteiger partial charge in [0.2, 0.25) is 0 Å². The van der Waals surface area contributed by atoms with Crippen LogP contribution in [0.4, 0.5) is 5.82 Å². The fourth-order valence-corrected chi connectivity index (χ4v) is 2.63. The summed E-state index contributed by atoms with van der Waals surface area (Å²) in [5, 5.41) is 6.61. The first-order valence-electron chi connectivity index (χ1n) is 7.24. The van der Waals surface area contributed by atoms with Gasteiger partial charge in [-0.2, -0.15) is 0 Å². The fraction of sp³-hybridized carbons (Fsp3) is 0.333. The number of hydrogen-bond donors (Lipinski definition) is 2. The number of nitrogens with zero attached hydrogens (tertiary/aromatic N) is 3. The number of hydrogen-bond acceptors (Lipinski definition) is 6. The molecule has 3 rings (SSSR count). The number of amides is 1. The van der Waals surface area contributed by atoms with Gasteiger partial charge in [0.25, 0.3) is 5.91 Å². The second-order valence-electron chi connectivity index (χ2n) is 5.14. The van der Waals surface area contributed by atoms with Gasteiger partial charge in [-0.05, 0) is 18.6 Å². The molecule has 1 saturated heterocycles. The monoisotopic (exact) mass is 333 g/mol. The first kappa shape index (κ1) is 15.6. The van der Waals surface area contributed by atoms with Gasteiger partial charge in [0.15, 0.2) is 0 Å². The van der Waals surface area contributed by atoms with E-state index in [0.29, 0.717) is 36.0 Å². The van der Waals surface area contributed by atoms with E-state index in [1.165, 1.54) is 12.5 Å². The van der Waals surface area contributed by atoms with Gasteiger partial charge >= 0.3 is 0 Å². The zero-order valence-corrected chi connectivity index (χ0v) is 13.0. The zero-order valence-electron chi connectivity index (χ0n) is 12.3. The summed E-state index contributed by atoms with van der Waals surface area (Å²) >= 11 is 6.02. The van der Waals surface area contributed by atoms with Crippen LogP contribution < -0.4 is 10.6 Å². The quantitative estimate of drug-likeness (QED) is 0.882. The highest BCUT2D eigenvalue weighted by atomic mass is 35.5. The predicted molar refractivity (Wildman–Crippen MR) is 85.4 cm³/mol. The summed E-state index contributed by atoms with van der Waals surface area (Å²) < 4.78 is 5.50. The largest absolute Gasteiger partial charge is 0.379 e. The van der Waals surface area contributed by atoms with Crippen LogP contribution in [0.25, 0.3) is 0 Å². The molecule has 2 aromatic heterocycles. The SMILES string of the molecule is O=C(N[C@H]1CCOC[C@H]1Nc1ccncn1)c1ccncc1Cl. The normalized spacial score (nSPS) is 20.7.